The average Bonchev–Trinajstić information content (AvgIpc) is 2.97. The molecule has 0 radical (unpaired) electrons. The lowest BCUT2D eigenvalue weighted by Gasteiger charge is -2.44. The molecule has 3 aromatic rings. The Hall–Kier alpha value is -4.11. The molecule has 1 amide bonds. The van der Waals surface area contributed by atoms with Crippen LogP contribution in [0.1, 0.15) is 29.8 Å². The number of carbonyl (C=O) groups excluding carboxylic acids is 1. The van der Waals surface area contributed by atoms with Gasteiger partial charge in [0.05, 0.1) is 35.6 Å². The van der Waals surface area contributed by atoms with Crippen LogP contribution in [0.4, 0.5) is 39.3 Å². The highest BCUT2D eigenvalue weighted by atomic mass is 19.4. The summed E-state index contributed by atoms with van der Waals surface area (Å²) in [5.41, 5.74) is -4.63. The maximum absolute atomic E-state index is 16.4. The standard InChI is InChI=1S/C28H30F5N7O3/c1-15-13-40(14-16(2)38(15)3)21-9-20(29)23(17-10-35-27(36-11-17)39-4-6-43-7-5-39)24(30)25(21)37-26(42)18-12-34-22(41)8-19(18)28(31,32)33/h8-12,15-16H,4-7,13-14H2,1-3H3,(H,34,41)(H,37,42)/t15-,16?/m0/s1. The zero-order valence-electron chi connectivity index (χ0n) is 23.6. The number of hydrogen-bond donors (Lipinski definition) is 2. The topological polar surface area (TPSA) is 107 Å². The van der Waals surface area contributed by atoms with Gasteiger partial charge >= 0.3 is 6.18 Å². The summed E-state index contributed by atoms with van der Waals surface area (Å²) in [6.07, 6.45) is -1.94. The first-order valence-corrected chi connectivity index (χ1v) is 13.6. The number of carbonyl (C=O) groups is 1. The van der Waals surface area contributed by atoms with Crippen LogP contribution in [0, 0.1) is 11.6 Å². The second kappa shape index (κ2) is 11.9. The third-order valence-corrected chi connectivity index (χ3v) is 7.83. The van der Waals surface area contributed by atoms with Crippen LogP contribution in [0.3, 0.4) is 0 Å². The van der Waals surface area contributed by atoms with E-state index in [1.165, 1.54) is 12.4 Å². The highest BCUT2D eigenvalue weighted by Crippen LogP contribution is 2.40. The fourth-order valence-electron chi connectivity index (χ4n) is 5.29. The number of amides is 1. The molecule has 0 aliphatic carbocycles. The Morgan fingerprint density at radius 3 is 2.28 bits per heavy atom. The smallest absolute Gasteiger partial charge is 0.378 e. The molecule has 15 heteroatoms. The van der Waals surface area contributed by atoms with Gasteiger partial charge in [-0.2, -0.15) is 13.2 Å². The van der Waals surface area contributed by atoms with Gasteiger partial charge in [-0.05, 0) is 20.9 Å². The van der Waals surface area contributed by atoms with Gasteiger partial charge in [0.1, 0.15) is 11.5 Å². The van der Waals surface area contributed by atoms with Crippen molar-refractivity contribution in [1.29, 1.82) is 0 Å². The van der Waals surface area contributed by atoms with Crippen LogP contribution >= 0.6 is 0 Å². The molecule has 10 nitrogen and oxygen atoms in total. The first-order valence-electron chi connectivity index (χ1n) is 13.6. The molecule has 230 valence electrons. The van der Waals surface area contributed by atoms with Crippen molar-refractivity contribution in [2.75, 3.05) is 61.6 Å². The number of benzene rings is 1. The first-order chi connectivity index (χ1) is 20.3. The molecule has 1 aromatic carbocycles. The molecule has 2 aliphatic heterocycles. The number of anilines is 3. The largest absolute Gasteiger partial charge is 0.417 e. The normalized spacial score (nSPS) is 19.9. The third kappa shape index (κ3) is 6.18. The number of pyridine rings is 1. The molecule has 2 atom stereocenters. The van der Waals surface area contributed by atoms with Crippen LogP contribution in [-0.4, -0.2) is 84.3 Å². The predicted molar refractivity (Wildman–Crippen MR) is 149 cm³/mol. The van der Waals surface area contributed by atoms with Crippen LogP contribution in [0.2, 0.25) is 0 Å². The number of halogens is 5. The summed E-state index contributed by atoms with van der Waals surface area (Å²) in [6.45, 7) is 6.54. The Morgan fingerprint density at radius 1 is 1.05 bits per heavy atom. The van der Waals surface area contributed by atoms with E-state index in [-0.39, 0.29) is 29.4 Å². The van der Waals surface area contributed by atoms with E-state index in [1.807, 2.05) is 25.8 Å². The summed E-state index contributed by atoms with van der Waals surface area (Å²) >= 11 is 0. The molecule has 43 heavy (non-hydrogen) atoms. The van der Waals surface area contributed by atoms with Crippen molar-refractivity contribution in [3.8, 4) is 11.1 Å². The van der Waals surface area contributed by atoms with Gasteiger partial charge < -0.3 is 24.8 Å². The number of hydrogen-bond acceptors (Lipinski definition) is 8. The number of nitrogens with one attached hydrogen (secondary N) is 2. The molecule has 0 saturated carbocycles. The molecule has 1 unspecified atom stereocenters. The van der Waals surface area contributed by atoms with Gasteiger partial charge in [-0.3, -0.25) is 14.5 Å². The number of rotatable bonds is 5. The fourth-order valence-corrected chi connectivity index (χ4v) is 5.29. The second-order valence-corrected chi connectivity index (χ2v) is 10.7. The van der Waals surface area contributed by atoms with Crippen molar-refractivity contribution in [1.82, 2.24) is 19.9 Å². The minimum atomic E-state index is -5.04. The number of morpholine rings is 1. The summed E-state index contributed by atoms with van der Waals surface area (Å²) in [5, 5.41) is 2.24. The zero-order chi connectivity index (χ0) is 31.1. The van der Waals surface area contributed by atoms with E-state index < -0.39 is 51.7 Å². The highest BCUT2D eigenvalue weighted by molar-refractivity contribution is 6.07. The van der Waals surface area contributed by atoms with Crippen LogP contribution in [0.25, 0.3) is 11.1 Å². The van der Waals surface area contributed by atoms with Crippen molar-refractivity contribution in [2.24, 2.45) is 0 Å². The Bertz CT molecular complexity index is 1550. The maximum Gasteiger partial charge on any atom is 0.417 e. The lowest BCUT2D eigenvalue weighted by molar-refractivity contribution is -0.138. The van der Waals surface area contributed by atoms with Crippen LogP contribution in [0.15, 0.2) is 35.5 Å². The van der Waals surface area contributed by atoms with Crippen molar-refractivity contribution in [3.05, 3.63) is 63.8 Å². The number of H-pyrrole nitrogens is 1. The number of aromatic nitrogens is 3. The number of aromatic amines is 1. The molecule has 2 fully saturated rings. The summed E-state index contributed by atoms with van der Waals surface area (Å²) in [6, 6.07) is 1.21. The van der Waals surface area contributed by atoms with Gasteiger partial charge in [0.25, 0.3) is 5.91 Å². The van der Waals surface area contributed by atoms with E-state index in [0.717, 1.165) is 6.07 Å². The summed E-state index contributed by atoms with van der Waals surface area (Å²) in [7, 11) is 1.91. The van der Waals surface area contributed by atoms with Crippen molar-refractivity contribution < 1.29 is 31.5 Å². The molecule has 4 heterocycles. The summed E-state index contributed by atoms with van der Waals surface area (Å²) < 4.78 is 78.6. The van der Waals surface area contributed by atoms with Gasteiger partial charge in [0.15, 0.2) is 5.82 Å². The monoisotopic (exact) mass is 607 g/mol. The van der Waals surface area contributed by atoms with Crippen LogP contribution in [0.5, 0.6) is 0 Å². The Labute approximate surface area is 243 Å². The zero-order valence-corrected chi connectivity index (χ0v) is 23.6. The summed E-state index contributed by atoms with van der Waals surface area (Å²) in [4.78, 5) is 41.0. The molecule has 2 saturated heterocycles. The Balaban J connectivity index is 1.59. The van der Waals surface area contributed by atoms with E-state index in [9.17, 15) is 22.8 Å². The summed E-state index contributed by atoms with van der Waals surface area (Å²) in [5.74, 6) is -3.16. The number of piperazine rings is 1. The minimum absolute atomic E-state index is 0.0332. The molecule has 2 N–H and O–H groups in total. The Morgan fingerprint density at radius 2 is 1.67 bits per heavy atom. The van der Waals surface area contributed by atoms with Crippen LogP contribution < -0.4 is 20.7 Å². The molecule has 5 rings (SSSR count). The molecular formula is C28H30F5N7O3. The predicted octanol–water partition coefficient (Wildman–Crippen LogP) is 3.75. The average molecular weight is 608 g/mol. The third-order valence-electron chi connectivity index (χ3n) is 7.83. The van der Waals surface area contributed by atoms with Crippen molar-refractivity contribution >= 4 is 23.2 Å². The van der Waals surface area contributed by atoms with Crippen LogP contribution in [-0.2, 0) is 10.9 Å². The van der Waals surface area contributed by atoms with Gasteiger partial charge in [0, 0.05) is 74.5 Å². The quantitative estimate of drug-likeness (QED) is 0.423. The lowest BCUT2D eigenvalue weighted by atomic mass is 10.0. The van der Waals surface area contributed by atoms with Gasteiger partial charge in [-0.15, -0.1) is 0 Å². The second-order valence-electron chi connectivity index (χ2n) is 10.7. The number of ether oxygens (including phenoxy) is 1. The highest BCUT2D eigenvalue weighted by Gasteiger charge is 2.37. The van der Waals surface area contributed by atoms with Gasteiger partial charge in [-0.25, -0.2) is 18.7 Å². The van der Waals surface area contributed by atoms with E-state index in [4.69, 9.17) is 4.74 Å². The van der Waals surface area contributed by atoms with E-state index in [2.05, 4.69) is 25.2 Å². The van der Waals surface area contributed by atoms with Crippen molar-refractivity contribution in [2.45, 2.75) is 32.1 Å². The minimum Gasteiger partial charge on any atom is -0.378 e. The maximum atomic E-state index is 16.4. The molecule has 2 aromatic heterocycles. The SMILES string of the molecule is CC1CN(c2cc(F)c(-c3cnc(N4CCOCC4)nc3)c(F)c2NC(=O)c2c[nH]c(=O)cc2C(F)(F)F)C[C@H](C)N1C. The van der Waals surface area contributed by atoms with E-state index >= 15 is 8.78 Å². The molecule has 0 bridgehead atoms. The molecule has 2 aliphatic rings. The fraction of sp³-hybridized carbons (Fsp3) is 0.429. The lowest BCUT2D eigenvalue weighted by Crippen LogP contribution is -2.55. The van der Waals surface area contributed by atoms with Crippen molar-refractivity contribution in [3.63, 3.8) is 0 Å². The number of likely N-dealkylation sites (N-methyl/N-ethyl adjacent to an activating group) is 1. The van der Waals surface area contributed by atoms with Gasteiger partial charge in [0.2, 0.25) is 11.5 Å². The molecule has 0 spiro atoms. The first kappa shape index (κ1) is 30.4. The van der Waals surface area contributed by atoms with E-state index in [0.29, 0.717) is 51.5 Å². The number of alkyl halides is 3. The number of nitrogens with zero attached hydrogens (tertiary/aromatic N) is 5. The van der Waals surface area contributed by atoms with E-state index in [1.54, 1.807) is 4.90 Å². The van der Waals surface area contributed by atoms with Gasteiger partial charge in [-0.1, -0.05) is 0 Å². The Kier molecular flexibility index (Phi) is 8.38. The molecular weight excluding hydrogens is 577 g/mol.